The Balaban J connectivity index is 0.000000339. The average molecular weight is 366 g/mol. The van der Waals surface area contributed by atoms with Crippen LogP contribution in [0.3, 0.4) is 0 Å². The van der Waals surface area contributed by atoms with E-state index in [0.29, 0.717) is 0 Å². The molecule has 3 aromatic carbocycles. The van der Waals surface area contributed by atoms with Crippen LogP contribution in [-0.4, -0.2) is 0 Å². The van der Waals surface area contributed by atoms with Gasteiger partial charge in [-0.25, -0.2) is 36.4 Å². The molecule has 0 aliphatic heterocycles. The Morgan fingerprint density at radius 2 is 0.640 bits per heavy atom. The van der Waals surface area contributed by atoms with Gasteiger partial charge in [-0.05, 0) is 0 Å². The molecule has 0 nitrogen and oxygen atoms in total. The van der Waals surface area contributed by atoms with E-state index in [9.17, 15) is 0 Å². The van der Waals surface area contributed by atoms with Crippen molar-refractivity contribution in [2.24, 2.45) is 0 Å². The van der Waals surface area contributed by atoms with Crippen molar-refractivity contribution in [1.29, 1.82) is 0 Å². The first-order valence-electron chi connectivity index (χ1n) is 9.41. The molecule has 0 spiro atoms. The van der Waals surface area contributed by atoms with Gasteiger partial charge in [0.05, 0.1) is 0 Å². The first-order chi connectivity index (χ1) is 11.8. The molecule has 0 atom stereocenters. The average Bonchev–Trinajstić information content (AvgIpc) is 3.33. The quantitative estimate of drug-likeness (QED) is 0.409. The van der Waals surface area contributed by atoms with Gasteiger partial charge in [0.2, 0.25) is 0 Å². The van der Waals surface area contributed by atoms with Gasteiger partial charge in [-0.3, -0.25) is 0 Å². The molecule has 0 heterocycles. The maximum absolute atomic E-state index is 2.20. The van der Waals surface area contributed by atoms with Crippen molar-refractivity contribution in [3.8, 4) is 0 Å². The molecule has 25 heavy (non-hydrogen) atoms. The summed E-state index contributed by atoms with van der Waals surface area (Å²) in [4.78, 5) is 0. The molecule has 0 fully saturated rings. The fourth-order valence-electron chi connectivity index (χ4n) is 2.61. The fraction of sp³-hybridized carbons (Fsp3) is 0.375. The second-order valence-corrected chi connectivity index (χ2v) is 6.13. The van der Waals surface area contributed by atoms with E-state index in [4.69, 9.17) is 0 Å². The topological polar surface area (TPSA) is 0 Å². The van der Waals surface area contributed by atoms with E-state index >= 15 is 0 Å². The van der Waals surface area contributed by atoms with Crippen LogP contribution in [0.1, 0.15) is 56.7 Å². The zero-order valence-corrected chi connectivity index (χ0v) is 18.1. The third-order valence-electron chi connectivity index (χ3n) is 3.81. The third-order valence-corrected chi connectivity index (χ3v) is 3.81. The minimum atomic E-state index is 0. The van der Waals surface area contributed by atoms with E-state index in [0.717, 1.165) is 0 Å². The molecule has 0 saturated carbocycles. The summed E-state index contributed by atoms with van der Waals surface area (Å²) in [6.07, 6.45) is 7.45. The molecule has 0 bridgehead atoms. The van der Waals surface area contributed by atoms with E-state index in [2.05, 4.69) is 93.6 Å². The summed E-state index contributed by atoms with van der Waals surface area (Å²) in [5.74, 6) is 0. The van der Waals surface area contributed by atoms with Crippen molar-refractivity contribution in [2.45, 2.75) is 59.3 Å². The third kappa shape index (κ3) is 12.0. The summed E-state index contributed by atoms with van der Waals surface area (Å²) in [5, 5.41) is 0. The fourth-order valence-corrected chi connectivity index (χ4v) is 2.61. The molecule has 3 rings (SSSR count). The summed E-state index contributed by atoms with van der Waals surface area (Å²) < 4.78 is 0. The minimum absolute atomic E-state index is 0. The second-order valence-electron chi connectivity index (χ2n) is 6.13. The van der Waals surface area contributed by atoms with Gasteiger partial charge in [-0.15, -0.1) is 0 Å². The number of hydrogen-bond acceptors (Lipinski definition) is 0. The summed E-state index contributed by atoms with van der Waals surface area (Å²) in [6, 6.07) is 25.6. The molecule has 0 aliphatic rings. The van der Waals surface area contributed by atoms with E-state index in [1.807, 2.05) is 0 Å². The maximum Gasteiger partial charge on any atom is 3.00 e. The molecule has 0 aromatic heterocycles. The van der Waals surface area contributed by atoms with Crippen molar-refractivity contribution in [3.63, 3.8) is 0 Å². The van der Waals surface area contributed by atoms with Crippen LogP contribution in [0.4, 0.5) is 0 Å². The maximum atomic E-state index is 2.20. The predicted octanol–water partition coefficient (Wildman–Crippen LogP) is 7.07. The monoisotopic (exact) mass is 366 g/mol. The van der Waals surface area contributed by atoms with Gasteiger partial charge in [-0.1, -0.05) is 59.3 Å². The zero-order chi connectivity index (χ0) is 17.5. The van der Waals surface area contributed by atoms with Crippen LogP contribution >= 0.6 is 0 Å². The van der Waals surface area contributed by atoms with Gasteiger partial charge < -0.3 is 0 Å². The minimum Gasteiger partial charge on any atom is -0.213 e. The van der Waals surface area contributed by atoms with Crippen molar-refractivity contribution < 1.29 is 25.8 Å². The smallest absolute Gasteiger partial charge is 0.213 e. The Morgan fingerprint density at radius 1 is 0.440 bits per heavy atom. The van der Waals surface area contributed by atoms with Gasteiger partial charge >= 0.3 is 25.8 Å². The first-order valence-corrected chi connectivity index (χ1v) is 9.41. The number of aryl methyl sites for hydroxylation is 3. The molecule has 0 saturated heterocycles. The van der Waals surface area contributed by atoms with Gasteiger partial charge in [0.15, 0.2) is 0 Å². The normalized spacial score (nSPS) is 9.24. The summed E-state index contributed by atoms with van der Waals surface area (Å²) >= 11 is 0. The van der Waals surface area contributed by atoms with Crippen LogP contribution in [-0.2, 0) is 45.1 Å². The molecular weight excluding hydrogens is 333 g/mol. The molecule has 1 heteroatoms. The van der Waals surface area contributed by atoms with Crippen LogP contribution in [0.15, 0.2) is 72.8 Å². The van der Waals surface area contributed by atoms with E-state index in [-0.39, 0.29) is 25.8 Å². The van der Waals surface area contributed by atoms with E-state index < -0.39 is 0 Å². The largest absolute Gasteiger partial charge is 3.00 e. The van der Waals surface area contributed by atoms with Gasteiger partial charge in [0, 0.05) is 0 Å². The van der Waals surface area contributed by atoms with Crippen molar-refractivity contribution in [3.05, 3.63) is 89.5 Å². The Kier molecular flexibility index (Phi) is 15.7. The molecule has 3 aromatic rings. The Bertz CT molecular complexity index is 470. The molecular formula is C24H33Sc. The first kappa shape index (κ1) is 23.9. The summed E-state index contributed by atoms with van der Waals surface area (Å²) in [6.45, 7) is 6.60. The Morgan fingerprint density at radius 3 is 0.800 bits per heavy atom. The van der Waals surface area contributed by atoms with Crippen LogP contribution < -0.4 is 0 Å². The molecule has 0 N–H and O–H groups in total. The predicted molar refractivity (Wildman–Crippen MR) is 108 cm³/mol. The van der Waals surface area contributed by atoms with Crippen LogP contribution in [0.5, 0.6) is 0 Å². The molecule has 0 unspecified atom stereocenters. The van der Waals surface area contributed by atoms with Crippen molar-refractivity contribution in [1.82, 2.24) is 0 Å². The Labute approximate surface area is 174 Å². The van der Waals surface area contributed by atoms with Crippen LogP contribution in [0, 0.1) is 0 Å². The number of rotatable bonds is 6. The standard InChI is InChI=1S/3C8H11.Sc/c3*1-2-5-8-6-3-4-7-8;/h3*3-4,6-7H,2,5H2,1H3;/q3*-1;+3. The summed E-state index contributed by atoms with van der Waals surface area (Å²) in [7, 11) is 0. The van der Waals surface area contributed by atoms with Crippen molar-refractivity contribution >= 4 is 0 Å². The SMILES string of the molecule is CCC[c-]1cccc1.CCC[c-]1cccc1.CCC[c-]1cccc1.[Sc+3]. The van der Waals surface area contributed by atoms with Gasteiger partial charge in [-0.2, -0.15) is 53.1 Å². The molecule has 132 valence electrons. The number of hydrogen-bond donors (Lipinski definition) is 0. The van der Waals surface area contributed by atoms with E-state index in [1.165, 1.54) is 55.2 Å². The van der Waals surface area contributed by atoms with Crippen LogP contribution in [0.25, 0.3) is 0 Å². The van der Waals surface area contributed by atoms with Crippen LogP contribution in [0.2, 0.25) is 0 Å². The summed E-state index contributed by atoms with van der Waals surface area (Å²) in [5.41, 5.74) is 4.40. The van der Waals surface area contributed by atoms with Crippen molar-refractivity contribution in [2.75, 3.05) is 0 Å². The molecule has 0 aliphatic carbocycles. The molecule has 0 radical (unpaired) electrons. The Hall–Kier alpha value is -1.08. The van der Waals surface area contributed by atoms with Gasteiger partial charge in [0.1, 0.15) is 0 Å². The zero-order valence-electron chi connectivity index (χ0n) is 16.2. The van der Waals surface area contributed by atoms with Gasteiger partial charge in [0.25, 0.3) is 0 Å². The second kappa shape index (κ2) is 16.4. The van der Waals surface area contributed by atoms with E-state index in [1.54, 1.807) is 0 Å². The molecule has 0 amide bonds.